The van der Waals surface area contributed by atoms with Gasteiger partial charge in [0, 0.05) is 25.9 Å². The first-order valence-corrected chi connectivity index (χ1v) is 4.99. The molecule has 0 aromatic carbocycles. The standard InChI is InChI=1S/C11H12N2O3/c1-13-9(14)5-8(11(15)16)10(13)7-3-2-4-12-6-7/h2-4,6,8,10H,5H2,1H3,(H,15,16)/t8-,10?/m1/s1. The number of nitrogens with zero attached hydrogens (tertiary/aromatic N) is 2. The molecular weight excluding hydrogens is 208 g/mol. The zero-order valence-corrected chi connectivity index (χ0v) is 8.83. The average molecular weight is 220 g/mol. The third-order valence-corrected chi connectivity index (χ3v) is 2.93. The number of hydrogen-bond donors (Lipinski definition) is 1. The third kappa shape index (κ3) is 1.64. The van der Waals surface area contributed by atoms with Gasteiger partial charge in [0.2, 0.25) is 5.91 Å². The van der Waals surface area contributed by atoms with Crippen molar-refractivity contribution in [2.75, 3.05) is 7.05 Å². The number of carboxylic acids is 1. The second kappa shape index (κ2) is 3.92. The van der Waals surface area contributed by atoms with Gasteiger partial charge in [-0.25, -0.2) is 0 Å². The Morgan fingerprint density at radius 2 is 2.38 bits per heavy atom. The van der Waals surface area contributed by atoms with Gasteiger partial charge in [0.15, 0.2) is 0 Å². The SMILES string of the molecule is CN1C(=O)C[C@@H](C(=O)O)C1c1cccnc1. The number of aliphatic carboxylic acids is 1. The second-order valence-corrected chi connectivity index (χ2v) is 3.88. The smallest absolute Gasteiger partial charge is 0.309 e. The van der Waals surface area contributed by atoms with Gasteiger partial charge in [-0.1, -0.05) is 6.07 Å². The molecule has 1 aliphatic heterocycles. The predicted octanol–water partition coefficient (Wildman–Crippen LogP) is 0.686. The van der Waals surface area contributed by atoms with Gasteiger partial charge in [0.05, 0.1) is 12.0 Å². The molecule has 1 aliphatic rings. The fraction of sp³-hybridized carbons (Fsp3) is 0.364. The zero-order chi connectivity index (χ0) is 11.7. The molecule has 1 amide bonds. The van der Waals surface area contributed by atoms with Crippen molar-refractivity contribution in [1.29, 1.82) is 0 Å². The third-order valence-electron chi connectivity index (χ3n) is 2.93. The summed E-state index contributed by atoms with van der Waals surface area (Å²) in [4.78, 5) is 28.0. The van der Waals surface area contributed by atoms with E-state index in [-0.39, 0.29) is 12.3 Å². The molecule has 2 atom stereocenters. The summed E-state index contributed by atoms with van der Waals surface area (Å²) in [5, 5.41) is 9.08. The number of carboxylic acid groups (broad SMARTS) is 1. The lowest BCUT2D eigenvalue weighted by Gasteiger charge is -2.22. The van der Waals surface area contributed by atoms with Crippen molar-refractivity contribution < 1.29 is 14.7 Å². The van der Waals surface area contributed by atoms with Crippen molar-refractivity contribution in [3.63, 3.8) is 0 Å². The van der Waals surface area contributed by atoms with E-state index in [1.807, 2.05) is 0 Å². The second-order valence-electron chi connectivity index (χ2n) is 3.88. The number of likely N-dealkylation sites (tertiary alicyclic amines) is 1. The molecule has 0 radical (unpaired) electrons. The van der Waals surface area contributed by atoms with Crippen LogP contribution in [-0.2, 0) is 9.59 Å². The van der Waals surface area contributed by atoms with Crippen molar-refractivity contribution in [2.45, 2.75) is 12.5 Å². The van der Waals surface area contributed by atoms with Crippen molar-refractivity contribution in [3.8, 4) is 0 Å². The van der Waals surface area contributed by atoms with Crippen molar-refractivity contribution in [2.24, 2.45) is 5.92 Å². The number of carbonyl (C=O) groups is 2. The van der Waals surface area contributed by atoms with E-state index >= 15 is 0 Å². The van der Waals surface area contributed by atoms with Gasteiger partial charge in [-0.05, 0) is 11.6 Å². The molecule has 1 fully saturated rings. The molecule has 1 unspecified atom stereocenters. The highest BCUT2D eigenvalue weighted by Gasteiger charge is 2.42. The Bertz CT molecular complexity index is 418. The number of aromatic nitrogens is 1. The van der Waals surface area contributed by atoms with Crippen molar-refractivity contribution in [3.05, 3.63) is 30.1 Å². The number of hydrogen-bond acceptors (Lipinski definition) is 3. The van der Waals surface area contributed by atoms with Gasteiger partial charge in [-0.15, -0.1) is 0 Å². The molecule has 5 nitrogen and oxygen atoms in total. The Labute approximate surface area is 92.7 Å². The number of amides is 1. The first-order chi connectivity index (χ1) is 7.61. The monoisotopic (exact) mass is 220 g/mol. The van der Waals surface area contributed by atoms with Gasteiger partial charge < -0.3 is 10.0 Å². The lowest BCUT2D eigenvalue weighted by atomic mass is 9.95. The fourth-order valence-electron chi connectivity index (χ4n) is 2.10. The van der Waals surface area contributed by atoms with Gasteiger partial charge >= 0.3 is 5.97 Å². The van der Waals surface area contributed by atoms with Gasteiger partial charge in [0.1, 0.15) is 0 Å². The van der Waals surface area contributed by atoms with Crippen LogP contribution in [0, 0.1) is 5.92 Å². The van der Waals surface area contributed by atoms with E-state index in [1.54, 1.807) is 31.6 Å². The first kappa shape index (κ1) is 10.6. The Morgan fingerprint density at radius 3 is 2.94 bits per heavy atom. The average Bonchev–Trinajstić information content (AvgIpc) is 2.57. The molecule has 16 heavy (non-hydrogen) atoms. The molecular formula is C11H12N2O3. The molecule has 1 saturated heterocycles. The lowest BCUT2D eigenvalue weighted by molar-refractivity contribution is -0.142. The van der Waals surface area contributed by atoms with Crippen LogP contribution in [0.1, 0.15) is 18.0 Å². The van der Waals surface area contributed by atoms with Crippen LogP contribution in [0.3, 0.4) is 0 Å². The maximum Gasteiger partial charge on any atom is 0.309 e. The van der Waals surface area contributed by atoms with Gasteiger partial charge in [-0.2, -0.15) is 0 Å². The van der Waals surface area contributed by atoms with E-state index in [9.17, 15) is 9.59 Å². The number of pyridine rings is 1. The highest BCUT2D eigenvalue weighted by Crippen LogP contribution is 2.36. The first-order valence-electron chi connectivity index (χ1n) is 4.99. The van der Waals surface area contributed by atoms with Crippen LogP contribution in [0.4, 0.5) is 0 Å². The highest BCUT2D eigenvalue weighted by atomic mass is 16.4. The van der Waals surface area contributed by atoms with E-state index in [4.69, 9.17) is 5.11 Å². The Morgan fingerprint density at radius 1 is 1.62 bits per heavy atom. The maximum absolute atomic E-state index is 11.5. The Balaban J connectivity index is 2.37. The van der Waals surface area contributed by atoms with E-state index in [0.29, 0.717) is 0 Å². The molecule has 1 N–H and O–H groups in total. The molecule has 0 spiro atoms. The maximum atomic E-state index is 11.5. The van der Waals surface area contributed by atoms with E-state index in [0.717, 1.165) is 5.56 Å². The summed E-state index contributed by atoms with van der Waals surface area (Å²) < 4.78 is 0. The topological polar surface area (TPSA) is 70.5 Å². The largest absolute Gasteiger partial charge is 0.481 e. The molecule has 0 aliphatic carbocycles. The molecule has 5 heteroatoms. The summed E-state index contributed by atoms with van der Waals surface area (Å²) in [5.41, 5.74) is 0.767. The van der Waals surface area contributed by atoms with Crippen LogP contribution in [0.2, 0.25) is 0 Å². The van der Waals surface area contributed by atoms with Crippen LogP contribution >= 0.6 is 0 Å². The Hall–Kier alpha value is -1.91. The van der Waals surface area contributed by atoms with Crippen LogP contribution < -0.4 is 0 Å². The minimum Gasteiger partial charge on any atom is -0.481 e. The molecule has 2 heterocycles. The van der Waals surface area contributed by atoms with Crippen LogP contribution in [0.15, 0.2) is 24.5 Å². The summed E-state index contributed by atoms with van der Waals surface area (Å²) in [7, 11) is 1.63. The van der Waals surface area contributed by atoms with Gasteiger partial charge in [-0.3, -0.25) is 14.6 Å². The predicted molar refractivity (Wildman–Crippen MR) is 55.5 cm³/mol. The minimum atomic E-state index is -0.938. The summed E-state index contributed by atoms with van der Waals surface area (Å²) >= 11 is 0. The summed E-state index contributed by atoms with van der Waals surface area (Å²) in [5.74, 6) is -1.76. The molecule has 0 saturated carbocycles. The zero-order valence-electron chi connectivity index (χ0n) is 8.83. The van der Waals surface area contributed by atoms with Crippen LogP contribution in [0.25, 0.3) is 0 Å². The molecule has 2 rings (SSSR count). The van der Waals surface area contributed by atoms with Crippen molar-refractivity contribution in [1.82, 2.24) is 9.88 Å². The quantitative estimate of drug-likeness (QED) is 0.795. The number of carbonyl (C=O) groups excluding carboxylic acids is 1. The summed E-state index contributed by atoms with van der Waals surface area (Å²) in [6.45, 7) is 0. The molecule has 1 aromatic heterocycles. The van der Waals surface area contributed by atoms with Crippen LogP contribution in [0.5, 0.6) is 0 Å². The molecule has 1 aromatic rings. The Kier molecular flexibility index (Phi) is 2.60. The molecule has 84 valence electrons. The number of rotatable bonds is 2. The van der Waals surface area contributed by atoms with Crippen LogP contribution in [-0.4, -0.2) is 33.9 Å². The lowest BCUT2D eigenvalue weighted by Crippen LogP contribution is -2.26. The molecule has 0 bridgehead atoms. The highest BCUT2D eigenvalue weighted by molar-refractivity contribution is 5.87. The minimum absolute atomic E-state index is 0.0609. The van der Waals surface area contributed by atoms with Crippen molar-refractivity contribution >= 4 is 11.9 Å². The van der Waals surface area contributed by atoms with Gasteiger partial charge in [0.25, 0.3) is 0 Å². The normalized spacial score (nSPS) is 24.8. The fourth-order valence-corrected chi connectivity index (χ4v) is 2.10. The van der Waals surface area contributed by atoms with E-state index < -0.39 is 17.9 Å². The summed E-state index contributed by atoms with van der Waals surface area (Å²) in [6.07, 6.45) is 3.29. The van der Waals surface area contributed by atoms with E-state index in [1.165, 1.54) is 4.90 Å². The summed E-state index contributed by atoms with van der Waals surface area (Å²) in [6, 6.07) is 3.13. The van der Waals surface area contributed by atoms with E-state index in [2.05, 4.69) is 4.98 Å².